The number of rotatable bonds is 16. The Balaban J connectivity index is 0.000000113. The number of benzene rings is 22. The van der Waals surface area contributed by atoms with Crippen LogP contribution in [0.4, 0.5) is 34.1 Å². The molecule has 5 nitrogen and oxygen atoms in total. The van der Waals surface area contributed by atoms with E-state index in [-0.39, 0.29) is 5.41 Å². The van der Waals surface area contributed by atoms with Gasteiger partial charge in [0.1, 0.15) is 0 Å². The largest absolute Gasteiger partial charge is 0.311 e. The maximum Gasteiger partial charge on any atom is 0.0978 e. The van der Waals surface area contributed by atoms with Gasteiger partial charge in [0.05, 0.1) is 38.9 Å². The molecule has 5 heteroatoms. The van der Waals surface area contributed by atoms with Crippen molar-refractivity contribution in [2.75, 3.05) is 9.80 Å². The maximum atomic E-state index is 5.42. The van der Waals surface area contributed by atoms with Gasteiger partial charge in [0.15, 0.2) is 0 Å². The van der Waals surface area contributed by atoms with E-state index in [1.165, 1.54) is 138 Å². The van der Waals surface area contributed by atoms with Crippen LogP contribution in [0, 0.1) is 0 Å². The highest BCUT2D eigenvalue weighted by Gasteiger charge is 2.46. The van der Waals surface area contributed by atoms with Gasteiger partial charge in [0, 0.05) is 77.9 Å². The number of hydrogen-bond donors (Lipinski definition) is 0. The third kappa shape index (κ3) is 15.7. The standard InChI is InChI=1S/C51H38N2.C44H28N2.C43H31N/c1-51(2)47-19-11-9-17-43(47)44-31-30-42(34-48(44)51)52(40-26-21-36(22-27-40)35-13-5-3-6-14-35)41-28-23-37(24-29-41)38-25-32-50-46(33-38)45-18-10-12-20-49(45)53(50)39-15-7-4-8-16-39;1-3-13-31(14-4-1)39-27-41(35-21-19-29-11-7-9-17-33(29)25-35)45-43-37(39)23-24-38-40(32-15-5-2-6-16-32)28-42(46-44(38)43)36-22-20-30-12-8-10-18-34(30)26-36;1-4-14-32(15-5-1)33-24-28-37(29-25-33)44(36-18-8-3-9-19-36)38-30-26-35(27-31-38)43(34-16-6-2-7-17-34)41-22-12-10-20-39(41)40-21-11-13-23-42(40)43/h3-34H,1-2H3;1-28H;1-31H. The first-order chi connectivity index (χ1) is 70.7. The molecule has 0 saturated carbocycles. The van der Waals surface area contributed by atoms with Crippen molar-refractivity contribution in [1.29, 1.82) is 0 Å². The van der Waals surface area contributed by atoms with Crippen LogP contribution in [0.3, 0.4) is 0 Å². The summed E-state index contributed by atoms with van der Waals surface area (Å²) in [4.78, 5) is 15.6. The van der Waals surface area contributed by atoms with Crippen LogP contribution >= 0.6 is 0 Å². The van der Waals surface area contributed by atoms with Crippen molar-refractivity contribution >= 4 is 99.3 Å². The minimum absolute atomic E-state index is 0.0864. The molecule has 0 N–H and O–H groups in total. The molecule has 2 aliphatic rings. The number of hydrogen-bond acceptors (Lipinski definition) is 4. The average Bonchev–Trinajstić information content (AvgIpc) is 1.54. The van der Waals surface area contributed by atoms with Crippen LogP contribution in [0.15, 0.2) is 552 Å². The number of para-hydroxylation sites is 3. The molecule has 22 aromatic carbocycles. The van der Waals surface area contributed by atoms with Crippen molar-refractivity contribution < 1.29 is 0 Å². The van der Waals surface area contributed by atoms with Gasteiger partial charge in [-0.25, -0.2) is 9.97 Å². The van der Waals surface area contributed by atoms with Gasteiger partial charge in [-0.2, -0.15) is 0 Å². The van der Waals surface area contributed by atoms with E-state index in [0.29, 0.717) is 0 Å². The number of nitrogens with zero attached hydrogens (tertiary/aromatic N) is 5. The summed E-state index contributed by atoms with van der Waals surface area (Å²) in [6.07, 6.45) is 0. The van der Waals surface area contributed by atoms with Gasteiger partial charge in [-0.1, -0.05) is 438 Å². The molecular formula is C138H97N5. The Hall–Kier alpha value is -18.4. The normalized spacial score (nSPS) is 12.4. The molecular weight excluding hydrogens is 1730 g/mol. The quantitative estimate of drug-likeness (QED) is 0.0904. The van der Waals surface area contributed by atoms with Crippen LogP contribution in [0.25, 0.3) is 171 Å². The smallest absolute Gasteiger partial charge is 0.0978 e. The van der Waals surface area contributed by atoms with Crippen molar-refractivity contribution in [2.24, 2.45) is 0 Å². The second kappa shape index (κ2) is 36.8. The molecule has 0 spiro atoms. The van der Waals surface area contributed by atoms with E-state index in [2.05, 4.69) is 580 Å². The lowest BCUT2D eigenvalue weighted by Gasteiger charge is -2.34. The third-order valence-corrected chi connectivity index (χ3v) is 29.2. The summed E-state index contributed by atoms with van der Waals surface area (Å²) >= 11 is 0. The lowest BCUT2D eigenvalue weighted by Crippen LogP contribution is -2.28. The molecule has 2 aliphatic carbocycles. The molecule has 0 aliphatic heterocycles. The van der Waals surface area contributed by atoms with E-state index in [1.807, 2.05) is 0 Å². The Labute approximate surface area is 833 Å². The minimum Gasteiger partial charge on any atom is -0.311 e. The van der Waals surface area contributed by atoms with Gasteiger partial charge < -0.3 is 14.4 Å². The summed E-state index contributed by atoms with van der Waals surface area (Å²) in [5.74, 6) is 0. The summed E-state index contributed by atoms with van der Waals surface area (Å²) in [7, 11) is 0. The number of anilines is 6. The molecule has 143 heavy (non-hydrogen) atoms. The Morgan fingerprint density at radius 1 is 0.189 bits per heavy atom. The predicted molar refractivity (Wildman–Crippen MR) is 602 cm³/mol. The fraction of sp³-hybridized carbons (Fsp3) is 0.0290. The van der Waals surface area contributed by atoms with Gasteiger partial charge in [0.25, 0.3) is 0 Å². The van der Waals surface area contributed by atoms with E-state index in [9.17, 15) is 0 Å². The van der Waals surface area contributed by atoms with E-state index in [0.717, 1.165) is 101 Å². The zero-order valence-corrected chi connectivity index (χ0v) is 79.3. The predicted octanol–water partition coefficient (Wildman–Crippen LogP) is 36.8. The number of pyridine rings is 2. The zero-order valence-electron chi connectivity index (χ0n) is 79.3. The summed E-state index contributed by atoms with van der Waals surface area (Å²) in [5, 5.41) is 9.53. The van der Waals surface area contributed by atoms with Crippen molar-refractivity contribution in [3.63, 3.8) is 0 Å². The second-order valence-corrected chi connectivity index (χ2v) is 37.8. The highest BCUT2D eigenvalue weighted by atomic mass is 15.1. The first-order valence-electron chi connectivity index (χ1n) is 49.3. The Bertz CT molecular complexity index is 8820. The van der Waals surface area contributed by atoms with Crippen LogP contribution in [-0.2, 0) is 10.8 Å². The monoisotopic (exact) mass is 1820 g/mol. The molecule has 0 atom stereocenters. The molecule has 27 rings (SSSR count). The van der Waals surface area contributed by atoms with Crippen molar-refractivity contribution in [1.82, 2.24) is 14.5 Å². The Kier molecular flexibility index (Phi) is 22.2. The summed E-state index contributed by atoms with van der Waals surface area (Å²) in [5.41, 5.74) is 40.8. The van der Waals surface area contributed by atoms with Gasteiger partial charge in [0.2, 0.25) is 0 Å². The molecule has 3 aromatic heterocycles. The van der Waals surface area contributed by atoms with Gasteiger partial charge in [-0.15, -0.1) is 0 Å². The lowest BCUT2D eigenvalue weighted by molar-refractivity contribution is 0.660. The van der Waals surface area contributed by atoms with E-state index < -0.39 is 5.41 Å². The fourth-order valence-electron chi connectivity index (χ4n) is 22.2. The van der Waals surface area contributed by atoms with Gasteiger partial charge >= 0.3 is 0 Å². The number of aromatic nitrogens is 3. The Morgan fingerprint density at radius 2 is 0.524 bits per heavy atom. The molecule has 0 saturated heterocycles. The lowest BCUT2D eigenvalue weighted by atomic mass is 9.68. The molecule has 0 fully saturated rings. The first-order valence-corrected chi connectivity index (χ1v) is 49.3. The minimum atomic E-state index is -0.401. The highest BCUT2D eigenvalue weighted by molar-refractivity contribution is 6.15. The molecule has 25 aromatic rings. The van der Waals surface area contributed by atoms with Gasteiger partial charge in [-0.3, -0.25) is 0 Å². The van der Waals surface area contributed by atoms with E-state index >= 15 is 0 Å². The molecule has 674 valence electrons. The molecule has 0 unspecified atom stereocenters. The molecule has 3 heterocycles. The van der Waals surface area contributed by atoms with Crippen LogP contribution in [0.1, 0.15) is 47.2 Å². The van der Waals surface area contributed by atoms with Gasteiger partial charge in [-0.05, 0) is 260 Å². The summed E-state index contributed by atoms with van der Waals surface area (Å²) in [6.45, 7) is 4.70. The molecule has 0 amide bonds. The van der Waals surface area contributed by atoms with Crippen LogP contribution in [0.5, 0.6) is 0 Å². The second-order valence-electron chi connectivity index (χ2n) is 37.8. The van der Waals surface area contributed by atoms with Crippen LogP contribution in [-0.4, -0.2) is 14.5 Å². The molecule has 0 radical (unpaired) electrons. The van der Waals surface area contributed by atoms with Crippen molar-refractivity contribution in [2.45, 2.75) is 24.7 Å². The van der Waals surface area contributed by atoms with Crippen LogP contribution < -0.4 is 9.80 Å². The average molecular weight is 1830 g/mol. The highest BCUT2D eigenvalue weighted by Crippen LogP contribution is 2.58. The first kappa shape index (κ1) is 86.2. The van der Waals surface area contributed by atoms with E-state index in [4.69, 9.17) is 9.97 Å². The maximum absolute atomic E-state index is 5.42. The Morgan fingerprint density at radius 3 is 1.02 bits per heavy atom. The summed E-state index contributed by atoms with van der Waals surface area (Å²) < 4.78 is 2.37. The van der Waals surface area contributed by atoms with Crippen LogP contribution in [0.2, 0.25) is 0 Å². The van der Waals surface area contributed by atoms with E-state index in [1.54, 1.807) is 0 Å². The fourth-order valence-corrected chi connectivity index (χ4v) is 22.2. The topological polar surface area (TPSA) is 37.2 Å². The van der Waals surface area contributed by atoms with Crippen molar-refractivity contribution in [3.8, 4) is 106 Å². The molecule has 0 bridgehead atoms. The SMILES string of the molecule is CC1(C)c2ccccc2-c2ccc(N(c3ccc(-c4ccccc4)cc3)c3ccc(-c4ccc5c(c4)c4ccccc4n5-c4ccccc4)cc3)cc21.c1ccc(-c2cc(-c3ccc4ccccc4c3)nc3c2ccc2c(-c4ccccc4)cc(-c4ccc5ccccc5c4)nc23)cc1.c1ccc(-c2ccc(N(c3ccccc3)c3ccc(C4(c5ccccc5)c5ccccc5-c5ccccc54)cc3)cc2)cc1. The number of fused-ring (bicyclic) bond motifs is 14. The zero-order chi connectivity index (χ0) is 95.3. The third-order valence-electron chi connectivity index (χ3n) is 29.2. The summed E-state index contributed by atoms with van der Waals surface area (Å²) in [6, 6.07) is 199. The van der Waals surface area contributed by atoms with Crippen molar-refractivity contribution in [3.05, 3.63) is 585 Å².